The summed E-state index contributed by atoms with van der Waals surface area (Å²) in [5, 5.41) is 8.12. The van der Waals surface area contributed by atoms with E-state index < -0.39 is 0 Å². The molecule has 1 atom stereocenters. The molecule has 0 aliphatic carbocycles. The standard InChI is InChI=1S/C16H16N4OS2/c1-10-11(2)23-16(19-10)14(5-12-3-4-22-8-12)20-15(21)13-6-17-9-18-7-13/h3-4,6-9,14H,5H2,1-2H3,(H,20,21)/t14-/m1/s1. The van der Waals surface area contributed by atoms with Gasteiger partial charge in [-0.25, -0.2) is 15.0 Å². The summed E-state index contributed by atoms with van der Waals surface area (Å²) < 4.78 is 0. The first kappa shape index (κ1) is 15.8. The normalized spacial score (nSPS) is 12.1. The number of aromatic nitrogens is 3. The molecular formula is C16H16N4OS2. The lowest BCUT2D eigenvalue weighted by atomic mass is 10.1. The van der Waals surface area contributed by atoms with Crippen molar-refractivity contribution in [3.8, 4) is 0 Å². The van der Waals surface area contributed by atoms with Crippen molar-refractivity contribution in [3.05, 3.63) is 62.3 Å². The molecule has 7 heteroatoms. The Labute approximate surface area is 142 Å². The van der Waals surface area contributed by atoms with Crippen molar-refractivity contribution in [1.82, 2.24) is 20.3 Å². The number of carbonyl (C=O) groups excluding carboxylic acids is 1. The summed E-state index contributed by atoms with van der Waals surface area (Å²) >= 11 is 3.28. The second-order valence-electron chi connectivity index (χ2n) is 5.18. The van der Waals surface area contributed by atoms with E-state index in [-0.39, 0.29) is 11.9 Å². The number of hydrogen-bond donors (Lipinski definition) is 1. The smallest absolute Gasteiger partial charge is 0.254 e. The van der Waals surface area contributed by atoms with Crippen molar-refractivity contribution in [3.63, 3.8) is 0 Å². The molecule has 3 heterocycles. The number of hydrogen-bond acceptors (Lipinski definition) is 6. The summed E-state index contributed by atoms with van der Waals surface area (Å²) in [5.41, 5.74) is 2.65. The molecule has 3 rings (SSSR count). The zero-order valence-corrected chi connectivity index (χ0v) is 14.4. The van der Waals surface area contributed by atoms with Gasteiger partial charge in [0.1, 0.15) is 11.3 Å². The molecule has 1 N–H and O–H groups in total. The highest BCUT2D eigenvalue weighted by molar-refractivity contribution is 7.11. The number of carbonyl (C=O) groups is 1. The van der Waals surface area contributed by atoms with E-state index in [1.165, 1.54) is 29.2 Å². The van der Waals surface area contributed by atoms with Crippen LogP contribution in [0.25, 0.3) is 0 Å². The van der Waals surface area contributed by atoms with Crippen molar-refractivity contribution in [2.24, 2.45) is 0 Å². The number of nitrogens with zero attached hydrogens (tertiary/aromatic N) is 3. The van der Waals surface area contributed by atoms with Crippen LogP contribution in [0.15, 0.2) is 35.5 Å². The topological polar surface area (TPSA) is 67.8 Å². The van der Waals surface area contributed by atoms with Crippen molar-refractivity contribution in [2.75, 3.05) is 0 Å². The third-order valence-corrected chi connectivity index (χ3v) is 5.41. The van der Waals surface area contributed by atoms with Gasteiger partial charge in [-0.05, 0) is 36.2 Å². The van der Waals surface area contributed by atoms with Crippen LogP contribution in [-0.2, 0) is 6.42 Å². The molecule has 23 heavy (non-hydrogen) atoms. The van der Waals surface area contributed by atoms with Gasteiger partial charge in [-0.2, -0.15) is 11.3 Å². The Morgan fingerprint density at radius 2 is 2.09 bits per heavy atom. The fourth-order valence-electron chi connectivity index (χ4n) is 2.15. The minimum atomic E-state index is -0.184. The molecule has 3 aromatic heterocycles. The lowest BCUT2D eigenvalue weighted by Gasteiger charge is -2.16. The highest BCUT2D eigenvalue weighted by atomic mass is 32.1. The minimum absolute atomic E-state index is 0.158. The van der Waals surface area contributed by atoms with E-state index in [1.807, 2.05) is 19.2 Å². The summed E-state index contributed by atoms with van der Waals surface area (Å²) in [7, 11) is 0. The number of amides is 1. The fraction of sp³-hybridized carbons (Fsp3) is 0.250. The van der Waals surface area contributed by atoms with Gasteiger partial charge in [-0.3, -0.25) is 4.79 Å². The molecule has 3 aromatic rings. The molecule has 0 aliphatic rings. The number of rotatable bonds is 5. The van der Waals surface area contributed by atoms with E-state index in [2.05, 4.69) is 31.7 Å². The van der Waals surface area contributed by atoms with Gasteiger partial charge >= 0.3 is 0 Å². The molecule has 0 unspecified atom stereocenters. The third-order valence-electron chi connectivity index (χ3n) is 3.49. The number of aryl methyl sites for hydroxylation is 2. The molecule has 0 spiro atoms. The molecular weight excluding hydrogens is 328 g/mol. The van der Waals surface area contributed by atoms with Gasteiger partial charge in [0.25, 0.3) is 5.91 Å². The van der Waals surface area contributed by atoms with Gasteiger partial charge in [0.05, 0.1) is 17.3 Å². The average molecular weight is 344 g/mol. The quantitative estimate of drug-likeness (QED) is 0.771. The monoisotopic (exact) mass is 344 g/mol. The van der Waals surface area contributed by atoms with Crippen LogP contribution in [0.3, 0.4) is 0 Å². The zero-order valence-electron chi connectivity index (χ0n) is 12.8. The van der Waals surface area contributed by atoms with Gasteiger partial charge in [-0.1, -0.05) is 0 Å². The molecule has 0 bridgehead atoms. The molecule has 0 radical (unpaired) electrons. The zero-order chi connectivity index (χ0) is 16.2. The molecule has 0 aliphatic heterocycles. The predicted octanol–water partition coefficient (Wildman–Crippen LogP) is 3.33. The van der Waals surface area contributed by atoms with Crippen LogP contribution in [0.4, 0.5) is 0 Å². The van der Waals surface area contributed by atoms with Crippen LogP contribution >= 0.6 is 22.7 Å². The molecule has 118 valence electrons. The number of nitrogens with one attached hydrogen (secondary N) is 1. The molecule has 1 amide bonds. The van der Waals surface area contributed by atoms with E-state index in [1.54, 1.807) is 22.7 Å². The Morgan fingerprint density at radius 3 is 2.70 bits per heavy atom. The summed E-state index contributed by atoms with van der Waals surface area (Å²) in [4.78, 5) is 26.0. The Balaban J connectivity index is 1.84. The Bertz CT molecular complexity index is 764. The van der Waals surface area contributed by atoms with Gasteiger partial charge in [0, 0.05) is 23.7 Å². The maximum atomic E-state index is 12.4. The van der Waals surface area contributed by atoms with Gasteiger partial charge in [0.15, 0.2) is 0 Å². The number of thiazole rings is 1. The van der Waals surface area contributed by atoms with Gasteiger partial charge < -0.3 is 5.32 Å². The Kier molecular flexibility index (Phi) is 4.78. The maximum Gasteiger partial charge on any atom is 0.254 e. The van der Waals surface area contributed by atoms with Crippen LogP contribution in [-0.4, -0.2) is 20.9 Å². The maximum absolute atomic E-state index is 12.4. The van der Waals surface area contributed by atoms with Crippen molar-refractivity contribution in [2.45, 2.75) is 26.3 Å². The minimum Gasteiger partial charge on any atom is -0.342 e. The van der Waals surface area contributed by atoms with E-state index in [9.17, 15) is 4.79 Å². The molecule has 0 saturated heterocycles. The summed E-state index contributed by atoms with van der Waals surface area (Å²) in [6.45, 7) is 4.04. The summed E-state index contributed by atoms with van der Waals surface area (Å²) in [6.07, 6.45) is 5.16. The summed E-state index contributed by atoms with van der Waals surface area (Å²) in [6, 6.07) is 1.91. The van der Waals surface area contributed by atoms with Crippen molar-refractivity contribution >= 4 is 28.6 Å². The average Bonchev–Trinajstić information content (AvgIpc) is 3.18. The first-order chi connectivity index (χ1) is 11.1. The Hall–Kier alpha value is -2.12. The second kappa shape index (κ2) is 6.97. The van der Waals surface area contributed by atoms with E-state index in [0.717, 1.165) is 17.1 Å². The SMILES string of the molecule is Cc1nc([C@@H](Cc2ccsc2)NC(=O)c2cncnc2)sc1C. The van der Waals surface area contributed by atoms with Gasteiger partial charge in [-0.15, -0.1) is 11.3 Å². The molecule has 0 saturated carbocycles. The van der Waals surface area contributed by atoms with Gasteiger partial charge in [0.2, 0.25) is 0 Å². The predicted molar refractivity (Wildman–Crippen MR) is 91.9 cm³/mol. The lowest BCUT2D eigenvalue weighted by molar-refractivity contribution is 0.0935. The van der Waals surface area contributed by atoms with Crippen LogP contribution in [0, 0.1) is 13.8 Å². The van der Waals surface area contributed by atoms with E-state index in [0.29, 0.717) is 5.56 Å². The second-order valence-corrected chi connectivity index (χ2v) is 7.20. The van der Waals surface area contributed by atoms with Crippen LogP contribution in [0.1, 0.15) is 37.5 Å². The third kappa shape index (κ3) is 3.80. The van der Waals surface area contributed by atoms with E-state index in [4.69, 9.17) is 0 Å². The fourth-order valence-corrected chi connectivity index (χ4v) is 3.80. The number of thiophene rings is 1. The molecule has 5 nitrogen and oxygen atoms in total. The van der Waals surface area contributed by atoms with Crippen molar-refractivity contribution in [1.29, 1.82) is 0 Å². The molecule has 0 fully saturated rings. The van der Waals surface area contributed by atoms with Crippen molar-refractivity contribution < 1.29 is 4.79 Å². The lowest BCUT2D eigenvalue weighted by Crippen LogP contribution is -2.30. The summed E-state index contributed by atoms with van der Waals surface area (Å²) in [5.74, 6) is -0.184. The van der Waals surface area contributed by atoms with Crippen LogP contribution < -0.4 is 5.32 Å². The Morgan fingerprint density at radius 1 is 1.30 bits per heavy atom. The largest absolute Gasteiger partial charge is 0.342 e. The molecule has 0 aromatic carbocycles. The van der Waals surface area contributed by atoms with Crippen LogP contribution in [0.2, 0.25) is 0 Å². The highest BCUT2D eigenvalue weighted by Gasteiger charge is 2.20. The van der Waals surface area contributed by atoms with Crippen LogP contribution in [0.5, 0.6) is 0 Å². The van der Waals surface area contributed by atoms with E-state index >= 15 is 0 Å². The highest BCUT2D eigenvalue weighted by Crippen LogP contribution is 2.26. The first-order valence-corrected chi connectivity index (χ1v) is 8.90. The first-order valence-electron chi connectivity index (χ1n) is 7.14.